The molecule has 0 unspecified atom stereocenters. The molecule has 2 aromatic rings. The molecule has 0 spiro atoms. The summed E-state index contributed by atoms with van der Waals surface area (Å²) in [5, 5.41) is 2.91. The largest absolute Gasteiger partial charge is 0.324 e. The second-order valence-corrected chi connectivity index (χ2v) is 9.19. The number of benzene rings is 2. The van der Waals surface area contributed by atoms with Crippen LogP contribution in [0.15, 0.2) is 58.4 Å². The summed E-state index contributed by atoms with van der Waals surface area (Å²) in [6.45, 7) is 7.95. The molecule has 2 aromatic carbocycles. The van der Waals surface area contributed by atoms with Crippen LogP contribution < -0.4 is 10.0 Å². The standard InChI is InChI=1S/C21H25N3O3S/c1-13(2)15-8-7-9-16(12-15)22-21(25)19(14(3)4)23-20-17-10-5-6-11-18(17)28(26,27)24-20/h5-14,19H,1-4H3,(H,22,25)(H,23,24)/t19-/m1/s1. The minimum Gasteiger partial charge on any atom is -0.324 e. The van der Waals surface area contributed by atoms with Crippen LogP contribution in [-0.4, -0.2) is 26.2 Å². The maximum Gasteiger partial charge on any atom is 0.263 e. The van der Waals surface area contributed by atoms with E-state index in [0.29, 0.717) is 17.2 Å². The zero-order valence-electron chi connectivity index (χ0n) is 16.4. The van der Waals surface area contributed by atoms with Crippen LogP contribution in [0, 0.1) is 5.92 Å². The second kappa shape index (κ2) is 7.75. The first-order valence-electron chi connectivity index (χ1n) is 9.30. The SMILES string of the molecule is CC(C)c1cccc(NC(=O)[C@H](N=C2NS(=O)(=O)c3ccccc32)C(C)C)c1. The van der Waals surface area contributed by atoms with E-state index in [-0.39, 0.29) is 22.6 Å². The van der Waals surface area contributed by atoms with E-state index in [4.69, 9.17) is 0 Å². The predicted octanol–water partition coefficient (Wildman–Crippen LogP) is 3.51. The third kappa shape index (κ3) is 4.09. The molecule has 0 fully saturated rings. The lowest BCUT2D eigenvalue weighted by molar-refractivity contribution is -0.118. The number of carbonyl (C=O) groups is 1. The Morgan fingerprint density at radius 1 is 1.04 bits per heavy atom. The number of aliphatic imine (C=N–C) groups is 1. The quantitative estimate of drug-likeness (QED) is 0.806. The van der Waals surface area contributed by atoms with Gasteiger partial charge in [-0.15, -0.1) is 0 Å². The van der Waals surface area contributed by atoms with Crippen LogP contribution in [-0.2, 0) is 14.8 Å². The van der Waals surface area contributed by atoms with Crippen molar-refractivity contribution in [1.82, 2.24) is 4.72 Å². The van der Waals surface area contributed by atoms with Crippen molar-refractivity contribution in [2.75, 3.05) is 5.32 Å². The maximum absolute atomic E-state index is 12.9. The van der Waals surface area contributed by atoms with Crippen molar-refractivity contribution in [3.8, 4) is 0 Å². The number of anilines is 1. The highest BCUT2D eigenvalue weighted by Crippen LogP contribution is 2.24. The lowest BCUT2D eigenvalue weighted by Gasteiger charge is -2.18. The zero-order valence-corrected chi connectivity index (χ0v) is 17.2. The number of amides is 1. The van der Waals surface area contributed by atoms with Crippen molar-refractivity contribution in [1.29, 1.82) is 0 Å². The summed E-state index contributed by atoms with van der Waals surface area (Å²) in [7, 11) is -3.64. The Morgan fingerprint density at radius 2 is 1.75 bits per heavy atom. The van der Waals surface area contributed by atoms with E-state index in [1.54, 1.807) is 18.2 Å². The molecule has 1 heterocycles. The topological polar surface area (TPSA) is 87.6 Å². The smallest absolute Gasteiger partial charge is 0.263 e. The van der Waals surface area contributed by atoms with E-state index in [1.165, 1.54) is 6.07 Å². The van der Waals surface area contributed by atoms with Gasteiger partial charge in [-0.05, 0) is 41.7 Å². The first-order chi connectivity index (χ1) is 13.2. The molecule has 0 saturated heterocycles. The number of hydrogen-bond acceptors (Lipinski definition) is 4. The van der Waals surface area contributed by atoms with Crippen LogP contribution in [0.1, 0.15) is 44.7 Å². The Hall–Kier alpha value is -2.67. The second-order valence-electron chi connectivity index (χ2n) is 7.54. The van der Waals surface area contributed by atoms with Crippen molar-refractivity contribution in [2.24, 2.45) is 10.9 Å². The van der Waals surface area contributed by atoms with E-state index in [2.05, 4.69) is 28.9 Å². The van der Waals surface area contributed by atoms with Crippen LogP contribution in [0.4, 0.5) is 5.69 Å². The van der Waals surface area contributed by atoms with Gasteiger partial charge in [-0.25, -0.2) is 8.42 Å². The number of sulfonamides is 1. The van der Waals surface area contributed by atoms with Crippen LogP contribution in [0.25, 0.3) is 0 Å². The molecule has 0 radical (unpaired) electrons. The minimum absolute atomic E-state index is 0.113. The van der Waals surface area contributed by atoms with Crippen molar-refractivity contribution < 1.29 is 13.2 Å². The first kappa shape index (κ1) is 20.1. The predicted molar refractivity (Wildman–Crippen MR) is 111 cm³/mol. The first-order valence-corrected chi connectivity index (χ1v) is 10.8. The van der Waals surface area contributed by atoms with E-state index >= 15 is 0 Å². The number of amidine groups is 1. The van der Waals surface area contributed by atoms with E-state index in [1.807, 2.05) is 38.1 Å². The number of rotatable bonds is 5. The fraction of sp³-hybridized carbons (Fsp3) is 0.333. The van der Waals surface area contributed by atoms with Gasteiger partial charge in [0.25, 0.3) is 10.0 Å². The lowest BCUT2D eigenvalue weighted by atomic mass is 10.0. The van der Waals surface area contributed by atoms with Gasteiger partial charge in [0.15, 0.2) is 0 Å². The molecule has 7 heteroatoms. The molecule has 148 valence electrons. The molecular formula is C21H25N3O3S. The van der Waals surface area contributed by atoms with Crippen molar-refractivity contribution >= 4 is 27.5 Å². The Morgan fingerprint density at radius 3 is 2.43 bits per heavy atom. The summed E-state index contributed by atoms with van der Waals surface area (Å²) in [5.74, 6) is 0.174. The van der Waals surface area contributed by atoms with Crippen LogP contribution in [0.3, 0.4) is 0 Å². The third-order valence-corrected chi connectivity index (χ3v) is 6.05. The average molecular weight is 400 g/mol. The Bertz CT molecular complexity index is 1030. The summed E-state index contributed by atoms with van der Waals surface area (Å²) in [6.07, 6.45) is 0. The molecule has 1 atom stereocenters. The summed E-state index contributed by atoms with van der Waals surface area (Å²) >= 11 is 0. The average Bonchev–Trinajstić information content (AvgIpc) is 2.90. The molecule has 28 heavy (non-hydrogen) atoms. The van der Waals surface area contributed by atoms with Gasteiger partial charge in [0, 0.05) is 11.3 Å². The van der Waals surface area contributed by atoms with Gasteiger partial charge in [-0.1, -0.05) is 52.0 Å². The van der Waals surface area contributed by atoms with Crippen LogP contribution in [0.2, 0.25) is 0 Å². The van der Waals surface area contributed by atoms with E-state index in [0.717, 1.165) is 5.56 Å². The highest BCUT2D eigenvalue weighted by molar-refractivity contribution is 7.90. The molecule has 0 aliphatic carbocycles. The van der Waals surface area contributed by atoms with E-state index < -0.39 is 16.1 Å². The third-order valence-electron chi connectivity index (χ3n) is 4.65. The van der Waals surface area contributed by atoms with Gasteiger partial charge in [-0.3, -0.25) is 14.5 Å². The molecular weight excluding hydrogens is 374 g/mol. The van der Waals surface area contributed by atoms with Crippen molar-refractivity contribution in [3.05, 3.63) is 59.7 Å². The number of nitrogens with zero attached hydrogens (tertiary/aromatic N) is 1. The Balaban J connectivity index is 1.90. The van der Waals surface area contributed by atoms with Crippen LogP contribution >= 0.6 is 0 Å². The maximum atomic E-state index is 12.9. The van der Waals surface area contributed by atoms with Gasteiger partial charge in [0.1, 0.15) is 11.9 Å². The van der Waals surface area contributed by atoms with Crippen molar-refractivity contribution in [3.63, 3.8) is 0 Å². The van der Waals surface area contributed by atoms with Gasteiger partial charge >= 0.3 is 0 Å². The monoisotopic (exact) mass is 399 g/mol. The summed E-state index contributed by atoms with van der Waals surface area (Å²) in [4.78, 5) is 17.6. The summed E-state index contributed by atoms with van der Waals surface area (Å²) < 4.78 is 27.0. The zero-order chi connectivity index (χ0) is 20.5. The van der Waals surface area contributed by atoms with Gasteiger partial charge in [0.05, 0.1) is 4.90 Å². The number of carbonyl (C=O) groups excluding carboxylic acids is 1. The van der Waals surface area contributed by atoms with Gasteiger partial charge in [-0.2, -0.15) is 0 Å². The number of fused-ring (bicyclic) bond motifs is 1. The fourth-order valence-electron chi connectivity index (χ4n) is 3.07. The molecule has 2 N–H and O–H groups in total. The molecule has 6 nitrogen and oxygen atoms in total. The van der Waals surface area contributed by atoms with E-state index in [9.17, 15) is 13.2 Å². The highest BCUT2D eigenvalue weighted by Gasteiger charge is 2.32. The molecule has 3 rings (SSSR count). The minimum atomic E-state index is -3.64. The van der Waals surface area contributed by atoms with Crippen LogP contribution in [0.5, 0.6) is 0 Å². The molecule has 0 aromatic heterocycles. The molecule has 0 bridgehead atoms. The normalized spacial score (nSPS) is 17.4. The Kier molecular flexibility index (Phi) is 5.56. The number of nitrogens with one attached hydrogen (secondary N) is 2. The van der Waals surface area contributed by atoms with Crippen molar-refractivity contribution in [2.45, 2.75) is 44.6 Å². The fourth-order valence-corrected chi connectivity index (χ4v) is 4.31. The van der Waals surface area contributed by atoms with Gasteiger partial charge < -0.3 is 5.32 Å². The van der Waals surface area contributed by atoms with Gasteiger partial charge in [0.2, 0.25) is 5.91 Å². The number of hydrogen-bond donors (Lipinski definition) is 2. The summed E-state index contributed by atoms with van der Waals surface area (Å²) in [5.41, 5.74) is 2.32. The Labute approximate surface area is 166 Å². The summed E-state index contributed by atoms with van der Waals surface area (Å²) in [6, 6.07) is 13.6. The molecule has 0 saturated carbocycles. The molecule has 1 aliphatic heterocycles. The lowest BCUT2D eigenvalue weighted by Crippen LogP contribution is -2.34. The molecule has 1 amide bonds. The molecule has 1 aliphatic rings. The highest BCUT2D eigenvalue weighted by atomic mass is 32.2.